The molecule has 1 aromatic rings. The van der Waals surface area contributed by atoms with Gasteiger partial charge in [0.05, 0.1) is 18.9 Å². The fourth-order valence-corrected chi connectivity index (χ4v) is 2.12. The highest BCUT2D eigenvalue weighted by atomic mass is 19.1. The van der Waals surface area contributed by atoms with Crippen LogP contribution in [0.15, 0.2) is 18.2 Å². The molecule has 1 aliphatic rings. The van der Waals surface area contributed by atoms with Gasteiger partial charge in [0, 0.05) is 19.6 Å². The van der Waals surface area contributed by atoms with E-state index < -0.39 is 0 Å². The van der Waals surface area contributed by atoms with Gasteiger partial charge in [-0.25, -0.2) is 4.39 Å². The first-order chi connectivity index (χ1) is 8.81. The van der Waals surface area contributed by atoms with Crippen molar-refractivity contribution < 1.29 is 9.13 Å². The number of nitrogens with one attached hydrogen (secondary N) is 1. The maximum Gasteiger partial charge on any atom is 0.146 e. The molecule has 0 radical (unpaired) electrons. The molecule has 0 amide bonds. The Balaban J connectivity index is 2.05. The Morgan fingerprint density at radius 1 is 1.33 bits per heavy atom. The van der Waals surface area contributed by atoms with Crippen molar-refractivity contribution in [2.45, 2.75) is 19.9 Å². The van der Waals surface area contributed by atoms with Crippen molar-refractivity contribution >= 4 is 5.69 Å². The van der Waals surface area contributed by atoms with Crippen molar-refractivity contribution in [1.29, 1.82) is 0 Å². The number of halogens is 1. The summed E-state index contributed by atoms with van der Waals surface area (Å²) < 4.78 is 19.1. The smallest absolute Gasteiger partial charge is 0.146 e. The van der Waals surface area contributed by atoms with Crippen molar-refractivity contribution in [2.24, 2.45) is 0 Å². The Morgan fingerprint density at radius 2 is 2.11 bits per heavy atom. The molecule has 18 heavy (non-hydrogen) atoms. The number of benzene rings is 1. The van der Waals surface area contributed by atoms with Crippen molar-refractivity contribution in [2.75, 3.05) is 37.7 Å². The molecule has 2 rings (SSSR count). The summed E-state index contributed by atoms with van der Waals surface area (Å²) in [6.45, 7) is 6.81. The third-order valence-electron chi connectivity index (χ3n) is 3.12. The molecule has 0 aliphatic carbocycles. The lowest BCUT2D eigenvalue weighted by molar-refractivity contribution is 0.122. The molecule has 1 saturated heterocycles. The third-order valence-corrected chi connectivity index (χ3v) is 3.12. The lowest BCUT2D eigenvalue weighted by Crippen LogP contribution is -2.36. The summed E-state index contributed by atoms with van der Waals surface area (Å²) in [6.07, 6.45) is 1.11. The largest absolute Gasteiger partial charge is 0.378 e. The van der Waals surface area contributed by atoms with Crippen LogP contribution in [0.3, 0.4) is 0 Å². The minimum atomic E-state index is -0.142. The number of hydrogen-bond acceptors (Lipinski definition) is 3. The van der Waals surface area contributed by atoms with Crippen LogP contribution in [0, 0.1) is 5.82 Å². The van der Waals surface area contributed by atoms with Crippen LogP contribution in [-0.4, -0.2) is 32.8 Å². The first-order valence-electron chi connectivity index (χ1n) is 6.63. The summed E-state index contributed by atoms with van der Waals surface area (Å²) in [7, 11) is 0. The molecule has 1 heterocycles. The van der Waals surface area contributed by atoms with Gasteiger partial charge in [0.25, 0.3) is 0 Å². The van der Waals surface area contributed by atoms with Crippen LogP contribution in [0.2, 0.25) is 0 Å². The quantitative estimate of drug-likeness (QED) is 0.813. The Morgan fingerprint density at radius 3 is 2.83 bits per heavy atom. The molecular formula is C14H21FN2O. The molecule has 0 spiro atoms. The van der Waals surface area contributed by atoms with E-state index in [9.17, 15) is 4.39 Å². The summed E-state index contributed by atoms with van der Waals surface area (Å²) in [4.78, 5) is 2.06. The predicted molar refractivity (Wildman–Crippen MR) is 71.4 cm³/mol. The van der Waals surface area contributed by atoms with Crippen molar-refractivity contribution in [3.63, 3.8) is 0 Å². The molecule has 1 N–H and O–H groups in total. The monoisotopic (exact) mass is 252 g/mol. The topological polar surface area (TPSA) is 24.5 Å². The molecule has 1 fully saturated rings. The highest BCUT2D eigenvalue weighted by Gasteiger charge is 2.15. The first-order valence-corrected chi connectivity index (χ1v) is 6.63. The lowest BCUT2D eigenvalue weighted by atomic mass is 10.1. The summed E-state index contributed by atoms with van der Waals surface area (Å²) in [6, 6.07) is 5.36. The van der Waals surface area contributed by atoms with E-state index in [1.165, 1.54) is 0 Å². The fourth-order valence-electron chi connectivity index (χ4n) is 2.12. The molecule has 4 heteroatoms. The minimum Gasteiger partial charge on any atom is -0.378 e. The molecule has 100 valence electrons. The minimum absolute atomic E-state index is 0.142. The summed E-state index contributed by atoms with van der Waals surface area (Å²) in [5.41, 5.74) is 1.83. The predicted octanol–water partition coefficient (Wildman–Crippen LogP) is 2.16. The maximum absolute atomic E-state index is 13.8. The van der Waals surface area contributed by atoms with Gasteiger partial charge < -0.3 is 15.0 Å². The summed E-state index contributed by atoms with van der Waals surface area (Å²) in [5.74, 6) is -0.142. The Kier molecular flexibility index (Phi) is 4.96. The van der Waals surface area contributed by atoms with Crippen LogP contribution in [0.1, 0.15) is 18.9 Å². The highest BCUT2D eigenvalue weighted by Crippen LogP contribution is 2.22. The van der Waals surface area contributed by atoms with E-state index in [0.29, 0.717) is 18.9 Å². The zero-order valence-electron chi connectivity index (χ0n) is 10.9. The lowest BCUT2D eigenvalue weighted by Gasteiger charge is -2.29. The van der Waals surface area contributed by atoms with E-state index in [1.54, 1.807) is 6.07 Å². The first kappa shape index (κ1) is 13.3. The number of anilines is 1. The number of hydrogen-bond donors (Lipinski definition) is 1. The molecule has 0 saturated carbocycles. The van der Waals surface area contributed by atoms with Gasteiger partial charge in [0.2, 0.25) is 0 Å². The molecule has 1 aromatic carbocycles. The average molecular weight is 252 g/mol. The van der Waals surface area contributed by atoms with Gasteiger partial charge in [-0.3, -0.25) is 0 Å². The standard InChI is InChI=1S/C14H21FN2O/c1-2-5-16-11-12-3-4-13(15)14(10-12)17-6-8-18-9-7-17/h3-4,10,16H,2,5-9,11H2,1H3. The van der Waals surface area contributed by atoms with E-state index in [2.05, 4.69) is 17.1 Å². The molecule has 0 unspecified atom stereocenters. The van der Waals surface area contributed by atoms with Gasteiger partial charge in [-0.05, 0) is 30.7 Å². The van der Waals surface area contributed by atoms with Crippen LogP contribution in [0.5, 0.6) is 0 Å². The van der Waals surface area contributed by atoms with Gasteiger partial charge >= 0.3 is 0 Å². The molecule has 1 aliphatic heterocycles. The highest BCUT2D eigenvalue weighted by molar-refractivity contribution is 5.50. The Labute approximate surface area is 108 Å². The SMILES string of the molecule is CCCNCc1ccc(F)c(N2CCOCC2)c1. The van der Waals surface area contributed by atoms with Crippen molar-refractivity contribution in [3.8, 4) is 0 Å². The Hall–Kier alpha value is -1.13. The second kappa shape index (κ2) is 6.71. The van der Waals surface area contributed by atoms with Crippen LogP contribution < -0.4 is 10.2 Å². The van der Waals surface area contributed by atoms with E-state index in [-0.39, 0.29) is 5.82 Å². The van der Waals surface area contributed by atoms with Crippen LogP contribution in [0.4, 0.5) is 10.1 Å². The third kappa shape index (κ3) is 3.43. The van der Waals surface area contributed by atoms with E-state index in [4.69, 9.17) is 4.74 Å². The number of rotatable bonds is 5. The molecular weight excluding hydrogens is 231 g/mol. The fraction of sp³-hybridized carbons (Fsp3) is 0.571. The van der Waals surface area contributed by atoms with Crippen LogP contribution >= 0.6 is 0 Å². The average Bonchev–Trinajstić information content (AvgIpc) is 2.42. The zero-order valence-corrected chi connectivity index (χ0v) is 10.9. The van der Waals surface area contributed by atoms with Gasteiger partial charge in [-0.1, -0.05) is 13.0 Å². The zero-order chi connectivity index (χ0) is 12.8. The van der Waals surface area contributed by atoms with E-state index in [0.717, 1.165) is 38.2 Å². The number of morpholine rings is 1. The Bertz CT molecular complexity index is 378. The molecule has 3 nitrogen and oxygen atoms in total. The van der Waals surface area contributed by atoms with Crippen LogP contribution in [-0.2, 0) is 11.3 Å². The van der Waals surface area contributed by atoms with E-state index >= 15 is 0 Å². The molecule has 0 atom stereocenters. The van der Waals surface area contributed by atoms with Crippen LogP contribution in [0.25, 0.3) is 0 Å². The van der Waals surface area contributed by atoms with E-state index in [1.807, 2.05) is 12.1 Å². The number of nitrogens with zero attached hydrogens (tertiary/aromatic N) is 1. The second-order valence-electron chi connectivity index (χ2n) is 4.56. The normalized spacial score (nSPS) is 16.0. The summed E-state index contributed by atoms with van der Waals surface area (Å²) >= 11 is 0. The van der Waals surface area contributed by atoms with Gasteiger partial charge in [0.1, 0.15) is 5.82 Å². The van der Waals surface area contributed by atoms with Crippen molar-refractivity contribution in [3.05, 3.63) is 29.6 Å². The van der Waals surface area contributed by atoms with Gasteiger partial charge in [-0.15, -0.1) is 0 Å². The second-order valence-corrected chi connectivity index (χ2v) is 4.56. The van der Waals surface area contributed by atoms with Gasteiger partial charge in [-0.2, -0.15) is 0 Å². The maximum atomic E-state index is 13.8. The van der Waals surface area contributed by atoms with Crippen molar-refractivity contribution in [1.82, 2.24) is 5.32 Å². The van der Waals surface area contributed by atoms with Gasteiger partial charge in [0.15, 0.2) is 0 Å². The summed E-state index contributed by atoms with van der Waals surface area (Å²) in [5, 5.41) is 3.34. The molecule has 0 bridgehead atoms. The molecule has 0 aromatic heterocycles. The number of ether oxygens (including phenoxy) is 1.